The van der Waals surface area contributed by atoms with Gasteiger partial charge in [-0.25, -0.2) is 0 Å². The average molecular weight is 177 g/mol. The third-order valence-electron chi connectivity index (χ3n) is 1.82. The van der Waals surface area contributed by atoms with E-state index in [4.69, 9.17) is 4.74 Å². The molecule has 3 nitrogen and oxygen atoms in total. The van der Waals surface area contributed by atoms with E-state index in [0.717, 1.165) is 11.1 Å². The van der Waals surface area contributed by atoms with Crippen LogP contribution in [0.1, 0.15) is 16.7 Å². The zero-order valence-electron chi connectivity index (χ0n) is 7.92. The van der Waals surface area contributed by atoms with Crippen LogP contribution >= 0.6 is 0 Å². The molecular formula is C10H11NO2. The van der Waals surface area contributed by atoms with Crippen molar-refractivity contribution in [2.75, 3.05) is 7.11 Å². The highest BCUT2D eigenvalue weighted by Crippen LogP contribution is 2.22. The van der Waals surface area contributed by atoms with Crippen LogP contribution in [-0.2, 0) is 0 Å². The Morgan fingerprint density at radius 1 is 1.38 bits per heavy atom. The van der Waals surface area contributed by atoms with Gasteiger partial charge in [-0.05, 0) is 31.0 Å². The molecule has 1 rings (SSSR count). The number of methoxy groups -OCH3 is 1. The van der Waals surface area contributed by atoms with E-state index in [0.29, 0.717) is 11.3 Å². The molecule has 0 unspecified atom stereocenters. The smallest absolute Gasteiger partial charge is 0.340 e. The van der Waals surface area contributed by atoms with E-state index >= 15 is 0 Å². The molecule has 0 amide bonds. The molecule has 0 N–H and O–H groups in total. The summed E-state index contributed by atoms with van der Waals surface area (Å²) >= 11 is 0. The molecule has 13 heavy (non-hydrogen) atoms. The fourth-order valence-electron chi connectivity index (χ4n) is 1.28. The zero-order chi connectivity index (χ0) is 9.84. The highest BCUT2D eigenvalue weighted by molar-refractivity contribution is 5.51. The summed E-state index contributed by atoms with van der Waals surface area (Å²) in [6.45, 7) is 3.86. The number of hydrogen-bond donors (Lipinski definition) is 0. The highest BCUT2D eigenvalue weighted by atomic mass is 16.5. The van der Waals surface area contributed by atoms with Gasteiger partial charge in [0.25, 0.3) is 0 Å². The Morgan fingerprint density at radius 2 is 2.08 bits per heavy atom. The number of aryl methyl sites for hydroxylation is 2. The molecule has 0 aromatic heterocycles. The van der Waals surface area contributed by atoms with Crippen molar-refractivity contribution in [2.45, 2.75) is 13.8 Å². The first kappa shape index (κ1) is 9.40. The van der Waals surface area contributed by atoms with Gasteiger partial charge in [-0.3, -0.25) is 0 Å². The molecule has 0 aliphatic heterocycles. The van der Waals surface area contributed by atoms with Crippen LogP contribution in [0.3, 0.4) is 0 Å². The summed E-state index contributed by atoms with van der Waals surface area (Å²) in [7, 11) is 1.56. The van der Waals surface area contributed by atoms with Crippen LogP contribution in [-0.4, -0.2) is 7.11 Å². The minimum absolute atomic E-state index is 0.628. The molecule has 1 aromatic carbocycles. The Balaban J connectivity index is 3.35. The molecule has 0 aliphatic carbocycles. The lowest BCUT2D eigenvalue weighted by Crippen LogP contribution is -1.92. The maximum Gasteiger partial charge on any atom is 0.340 e. The SMILES string of the molecule is COc1cc(C)cc(C)c1C#[N+][O-]. The summed E-state index contributed by atoms with van der Waals surface area (Å²) in [6.07, 6.45) is 0. The van der Waals surface area contributed by atoms with Gasteiger partial charge in [0.15, 0.2) is 0 Å². The predicted molar refractivity (Wildman–Crippen MR) is 52.2 cm³/mol. The number of nitrogens with zero attached hydrogens (tertiary/aromatic N) is 1. The van der Waals surface area contributed by atoms with Gasteiger partial charge in [0.05, 0.1) is 7.11 Å². The molecule has 0 aliphatic rings. The van der Waals surface area contributed by atoms with Gasteiger partial charge in [0.2, 0.25) is 0 Å². The fourth-order valence-corrected chi connectivity index (χ4v) is 1.28. The Hall–Kier alpha value is -1.69. The first-order chi connectivity index (χ1) is 6.19. The maximum atomic E-state index is 10.1. The van der Waals surface area contributed by atoms with Gasteiger partial charge in [0.1, 0.15) is 11.3 Å². The van der Waals surface area contributed by atoms with Gasteiger partial charge in [-0.1, -0.05) is 6.07 Å². The molecule has 1 aromatic rings. The Kier molecular flexibility index (Phi) is 2.76. The first-order valence-corrected chi connectivity index (χ1v) is 3.92. The van der Waals surface area contributed by atoms with Gasteiger partial charge >= 0.3 is 6.07 Å². The Bertz CT molecular complexity index is 374. The second-order valence-electron chi connectivity index (χ2n) is 2.86. The van der Waals surface area contributed by atoms with Gasteiger partial charge in [-0.2, -0.15) is 0 Å². The van der Waals surface area contributed by atoms with Gasteiger partial charge in [-0.15, -0.1) is 0 Å². The number of ether oxygens (including phenoxy) is 1. The standard InChI is InChI=1S/C10H11NO2/c1-7-4-8(2)9(6-11-12)10(5-7)13-3/h4-5H,1-3H3. The molecular weight excluding hydrogens is 166 g/mol. The van der Waals surface area contributed by atoms with Crippen LogP contribution in [0.5, 0.6) is 5.75 Å². The lowest BCUT2D eigenvalue weighted by Gasteiger charge is -2.04. The monoisotopic (exact) mass is 177 g/mol. The topological polar surface area (TPSA) is 36.6 Å². The summed E-state index contributed by atoms with van der Waals surface area (Å²) < 4.78 is 5.10. The van der Waals surface area contributed by atoms with Gasteiger partial charge in [0, 0.05) is 5.01 Å². The van der Waals surface area contributed by atoms with Crippen molar-refractivity contribution >= 4 is 0 Å². The van der Waals surface area contributed by atoms with Crippen molar-refractivity contribution in [1.82, 2.24) is 0 Å². The van der Waals surface area contributed by atoms with Gasteiger partial charge < -0.3 is 9.94 Å². The normalized spacial score (nSPS) is 8.85. The molecule has 0 fully saturated rings. The van der Waals surface area contributed by atoms with Crippen LogP contribution in [0, 0.1) is 25.1 Å². The third-order valence-corrected chi connectivity index (χ3v) is 1.82. The van der Waals surface area contributed by atoms with Crippen molar-refractivity contribution in [1.29, 1.82) is 0 Å². The van der Waals surface area contributed by atoms with Crippen molar-refractivity contribution in [3.63, 3.8) is 0 Å². The predicted octanol–water partition coefficient (Wildman–Crippen LogP) is 2.49. The molecule has 0 atom stereocenters. The van der Waals surface area contributed by atoms with E-state index in [1.165, 1.54) is 0 Å². The van der Waals surface area contributed by atoms with E-state index in [1.54, 1.807) is 7.11 Å². The maximum absolute atomic E-state index is 10.1. The van der Waals surface area contributed by atoms with Crippen LogP contribution in [0.4, 0.5) is 0 Å². The van der Waals surface area contributed by atoms with E-state index < -0.39 is 0 Å². The summed E-state index contributed by atoms with van der Waals surface area (Å²) in [5, 5.41) is 12.7. The van der Waals surface area contributed by atoms with E-state index in [2.05, 4.69) is 11.1 Å². The van der Waals surface area contributed by atoms with Crippen LogP contribution in [0.15, 0.2) is 12.1 Å². The van der Waals surface area contributed by atoms with Crippen molar-refractivity contribution in [3.05, 3.63) is 39.0 Å². The minimum atomic E-state index is 0.628. The molecule has 0 spiro atoms. The summed E-state index contributed by atoms with van der Waals surface area (Å²) in [6, 6.07) is 6.17. The molecule has 0 saturated heterocycles. The molecule has 0 bridgehead atoms. The molecule has 0 saturated carbocycles. The minimum Gasteiger partial charge on any atom is -0.498 e. The number of benzene rings is 1. The second-order valence-corrected chi connectivity index (χ2v) is 2.86. The van der Waals surface area contributed by atoms with Crippen molar-refractivity contribution in [2.24, 2.45) is 0 Å². The van der Waals surface area contributed by atoms with Crippen LogP contribution in [0.25, 0.3) is 5.01 Å². The number of rotatable bonds is 1. The van der Waals surface area contributed by atoms with E-state index in [-0.39, 0.29) is 0 Å². The third kappa shape index (κ3) is 1.91. The average Bonchev–Trinajstić information content (AvgIpc) is 2.09. The Morgan fingerprint density at radius 3 is 2.62 bits per heavy atom. The molecule has 3 heteroatoms. The summed E-state index contributed by atoms with van der Waals surface area (Å²) in [5.41, 5.74) is 2.66. The van der Waals surface area contributed by atoms with Crippen LogP contribution < -0.4 is 4.74 Å². The molecule has 0 radical (unpaired) electrons. The van der Waals surface area contributed by atoms with Crippen molar-refractivity contribution < 1.29 is 4.74 Å². The summed E-state index contributed by atoms with van der Waals surface area (Å²) in [4.78, 5) is 0. The van der Waals surface area contributed by atoms with Crippen molar-refractivity contribution in [3.8, 4) is 11.8 Å². The molecule has 0 heterocycles. The second kappa shape index (κ2) is 3.81. The van der Waals surface area contributed by atoms with E-state index in [1.807, 2.05) is 26.0 Å². The quantitative estimate of drug-likeness (QED) is 0.618. The Labute approximate surface area is 77.4 Å². The van der Waals surface area contributed by atoms with E-state index in [9.17, 15) is 5.21 Å². The number of hydrogen-bond acceptors (Lipinski definition) is 2. The van der Waals surface area contributed by atoms with Crippen LogP contribution in [0.2, 0.25) is 0 Å². The summed E-state index contributed by atoms with van der Waals surface area (Å²) in [5.74, 6) is 0.636. The largest absolute Gasteiger partial charge is 0.498 e. The first-order valence-electron chi connectivity index (χ1n) is 3.92. The zero-order valence-corrected chi connectivity index (χ0v) is 7.92. The highest BCUT2D eigenvalue weighted by Gasteiger charge is 2.09. The molecule has 68 valence electrons. The lowest BCUT2D eigenvalue weighted by molar-refractivity contribution is 0.413. The lowest BCUT2D eigenvalue weighted by atomic mass is 10.1. The fraction of sp³-hybridized carbons (Fsp3) is 0.300.